The molecule has 0 aliphatic heterocycles. The Hall–Kier alpha value is -2.40. The molecule has 0 fully saturated rings. The minimum absolute atomic E-state index is 0.0561. The molecule has 0 radical (unpaired) electrons. The zero-order valence-electron chi connectivity index (χ0n) is 11.9. The van der Waals surface area contributed by atoms with Gasteiger partial charge in [-0.05, 0) is 36.1 Å². The van der Waals surface area contributed by atoms with E-state index in [1.165, 1.54) is 11.6 Å². The Morgan fingerprint density at radius 2 is 1.81 bits per heavy atom. The standard InChI is InChI=1S/C16H18N2O3/c1-12-10-15(18(20)21)6-7-16(12)17-9-8-13-2-4-14(11-19)5-3-13/h2-7,10,17,19H,8-9,11H2,1H3. The van der Waals surface area contributed by atoms with Gasteiger partial charge < -0.3 is 10.4 Å². The fourth-order valence-electron chi connectivity index (χ4n) is 2.11. The van der Waals surface area contributed by atoms with Crippen molar-refractivity contribution < 1.29 is 10.0 Å². The molecule has 110 valence electrons. The summed E-state index contributed by atoms with van der Waals surface area (Å²) in [5.41, 5.74) is 3.96. The van der Waals surface area contributed by atoms with Gasteiger partial charge in [-0.3, -0.25) is 10.1 Å². The molecule has 0 aliphatic carbocycles. The molecule has 0 heterocycles. The van der Waals surface area contributed by atoms with Gasteiger partial charge in [-0.1, -0.05) is 24.3 Å². The summed E-state index contributed by atoms with van der Waals surface area (Å²) in [6.45, 7) is 2.66. The molecule has 2 rings (SSSR count). The van der Waals surface area contributed by atoms with Crippen LogP contribution in [0, 0.1) is 17.0 Å². The first kappa shape index (κ1) is 15.0. The van der Waals surface area contributed by atoms with Gasteiger partial charge in [0.05, 0.1) is 11.5 Å². The summed E-state index contributed by atoms with van der Waals surface area (Å²) in [6, 6.07) is 12.6. The maximum atomic E-state index is 10.7. The Kier molecular flexibility index (Phi) is 4.90. The second kappa shape index (κ2) is 6.85. The van der Waals surface area contributed by atoms with Gasteiger partial charge in [0.1, 0.15) is 0 Å². The highest BCUT2D eigenvalue weighted by molar-refractivity contribution is 5.55. The van der Waals surface area contributed by atoms with Crippen LogP contribution in [0.3, 0.4) is 0 Å². The summed E-state index contributed by atoms with van der Waals surface area (Å²) in [5, 5.41) is 23.0. The van der Waals surface area contributed by atoms with E-state index in [0.29, 0.717) is 0 Å². The SMILES string of the molecule is Cc1cc([N+](=O)[O-])ccc1NCCc1ccc(CO)cc1. The van der Waals surface area contributed by atoms with Crippen LogP contribution in [0.15, 0.2) is 42.5 Å². The second-order valence-electron chi connectivity index (χ2n) is 4.91. The van der Waals surface area contributed by atoms with Crippen molar-refractivity contribution in [1.82, 2.24) is 0 Å². The molecule has 0 aliphatic rings. The molecule has 2 aromatic carbocycles. The number of rotatable bonds is 6. The number of hydrogen-bond donors (Lipinski definition) is 2. The average Bonchev–Trinajstić information content (AvgIpc) is 2.49. The van der Waals surface area contributed by atoms with Crippen molar-refractivity contribution >= 4 is 11.4 Å². The van der Waals surface area contributed by atoms with Crippen LogP contribution in [0.2, 0.25) is 0 Å². The summed E-state index contributed by atoms with van der Waals surface area (Å²) in [4.78, 5) is 10.3. The van der Waals surface area contributed by atoms with Gasteiger partial charge in [-0.2, -0.15) is 0 Å². The molecule has 0 atom stereocenters. The van der Waals surface area contributed by atoms with Crippen molar-refractivity contribution in [3.8, 4) is 0 Å². The maximum absolute atomic E-state index is 10.7. The van der Waals surface area contributed by atoms with E-state index in [-0.39, 0.29) is 17.2 Å². The predicted octanol–water partition coefficient (Wildman–Crippen LogP) is 3.05. The molecule has 5 heteroatoms. The Labute approximate surface area is 123 Å². The van der Waals surface area contributed by atoms with E-state index in [9.17, 15) is 10.1 Å². The Morgan fingerprint density at radius 3 is 2.38 bits per heavy atom. The summed E-state index contributed by atoms with van der Waals surface area (Å²) < 4.78 is 0. The lowest BCUT2D eigenvalue weighted by molar-refractivity contribution is -0.384. The highest BCUT2D eigenvalue weighted by Crippen LogP contribution is 2.21. The lowest BCUT2D eigenvalue weighted by Crippen LogP contribution is -2.06. The molecule has 0 bridgehead atoms. The van der Waals surface area contributed by atoms with Crippen LogP contribution in [0.25, 0.3) is 0 Å². The van der Waals surface area contributed by atoms with Crippen LogP contribution in [0.5, 0.6) is 0 Å². The first-order chi connectivity index (χ1) is 10.1. The smallest absolute Gasteiger partial charge is 0.269 e. The predicted molar refractivity (Wildman–Crippen MR) is 82.4 cm³/mol. The maximum Gasteiger partial charge on any atom is 0.269 e. The van der Waals surface area contributed by atoms with Gasteiger partial charge in [-0.15, -0.1) is 0 Å². The average molecular weight is 286 g/mol. The number of non-ortho nitro benzene ring substituents is 1. The lowest BCUT2D eigenvalue weighted by Gasteiger charge is -2.09. The minimum Gasteiger partial charge on any atom is -0.392 e. The van der Waals surface area contributed by atoms with E-state index in [2.05, 4.69) is 5.32 Å². The molecule has 0 saturated heterocycles. The number of nitrogens with one attached hydrogen (secondary N) is 1. The van der Waals surface area contributed by atoms with E-state index in [1.807, 2.05) is 31.2 Å². The fourth-order valence-corrected chi connectivity index (χ4v) is 2.11. The molecule has 0 aromatic heterocycles. The van der Waals surface area contributed by atoms with Crippen molar-refractivity contribution in [3.63, 3.8) is 0 Å². The van der Waals surface area contributed by atoms with E-state index < -0.39 is 0 Å². The topological polar surface area (TPSA) is 75.4 Å². The third kappa shape index (κ3) is 4.03. The Bertz CT molecular complexity index is 624. The number of nitro groups is 1. The number of nitro benzene ring substituents is 1. The summed E-state index contributed by atoms with van der Waals surface area (Å²) in [5.74, 6) is 0. The van der Waals surface area contributed by atoms with Crippen LogP contribution >= 0.6 is 0 Å². The number of anilines is 1. The van der Waals surface area contributed by atoms with Crippen molar-refractivity contribution in [3.05, 3.63) is 69.3 Å². The highest BCUT2D eigenvalue weighted by Gasteiger charge is 2.07. The molecule has 0 spiro atoms. The summed E-state index contributed by atoms with van der Waals surface area (Å²) in [7, 11) is 0. The summed E-state index contributed by atoms with van der Waals surface area (Å²) >= 11 is 0. The number of nitrogens with zero attached hydrogens (tertiary/aromatic N) is 1. The summed E-state index contributed by atoms with van der Waals surface area (Å²) in [6.07, 6.45) is 0.849. The van der Waals surface area contributed by atoms with Crippen LogP contribution in [0.1, 0.15) is 16.7 Å². The molecule has 0 amide bonds. The van der Waals surface area contributed by atoms with Gasteiger partial charge in [0.2, 0.25) is 0 Å². The Morgan fingerprint density at radius 1 is 1.14 bits per heavy atom. The van der Waals surface area contributed by atoms with E-state index in [0.717, 1.165) is 29.8 Å². The van der Waals surface area contributed by atoms with Gasteiger partial charge in [0, 0.05) is 24.4 Å². The van der Waals surface area contributed by atoms with Crippen LogP contribution in [-0.2, 0) is 13.0 Å². The number of aryl methyl sites for hydroxylation is 1. The first-order valence-electron chi connectivity index (χ1n) is 6.78. The zero-order valence-corrected chi connectivity index (χ0v) is 11.9. The fraction of sp³-hybridized carbons (Fsp3) is 0.250. The molecule has 0 unspecified atom stereocenters. The van der Waals surface area contributed by atoms with Gasteiger partial charge in [0.15, 0.2) is 0 Å². The normalized spacial score (nSPS) is 10.4. The Balaban J connectivity index is 1.92. The van der Waals surface area contributed by atoms with Crippen molar-refractivity contribution in [1.29, 1.82) is 0 Å². The van der Waals surface area contributed by atoms with Crippen molar-refractivity contribution in [2.75, 3.05) is 11.9 Å². The number of benzene rings is 2. The van der Waals surface area contributed by atoms with Crippen LogP contribution < -0.4 is 5.32 Å². The largest absolute Gasteiger partial charge is 0.392 e. The molecular formula is C16H18N2O3. The van der Waals surface area contributed by atoms with E-state index in [1.54, 1.807) is 12.1 Å². The molecule has 2 aromatic rings. The van der Waals surface area contributed by atoms with Crippen LogP contribution in [-0.4, -0.2) is 16.6 Å². The molecular weight excluding hydrogens is 268 g/mol. The number of aliphatic hydroxyl groups is 1. The molecule has 5 nitrogen and oxygen atoms in total. The van der Waals surface area contributed by atoms with Gasteiger partial charge in [0.25, 0.3) is 5.69 Å². The zero-order chi connectivity index (χ0) is 15.2. The van der Waals surface area contributed by atoms with Crippen molar-refractivity contribution in [2.24, 2.45) is 0 Å². The monoisotopic (exact) mass is 286 g/mol. The third-order valence-electron chi connectivity index (χ3n) is 3.36. The molecule has 21 heavy (non-hydrogen) atoms. The highest BCUT2D eigenvalue weighted by atomic mass is 16.6. The third-order valence-corrected chi connectivity index (χ3v) is 3.36. The lowest BCUT2D eigenvalue weighted by atomic mass is 10.1. The minimum atomic E-state index is -0.389. The number of hydrogen-bond acceptors (Lipinski definition) is 4. The second-order valence-corrected chi connectivity index (χ2v) is 4.91. The first-order valence-corrected chi connectivity index (χ1v) is 6.78. The molecule has 0 saturated carbocycles. The quantitative estimate of drug-likeness (QED) is 0.632. The molecule has 2 N–H and O–H groups in total. The van der Waals surface area contributed by atoms with E-state index in [4.69, 9.17) is 5.11 Å². The van der Waals surface area contributed by atoms with Gasteiger partial charge >= 0.3 is 0 Å². The van der Waals surface area contributed by atoms with Crippen molar-refractivity contribution in [2.45, 2.75) is 20.0 Å². The van der Waals surface area contributed by atoms with Crippen LogP contribution in [0.4, 0.5) is 11.4 Å². The van der Waals surface area contributed by atoms with E-state index >= 15 is 0 Å². The number of aliphatic hydroxyl groups excluding tert-OH is 1. The van der Waals surface area contributed by atoms with Gasteiger partial charge in [-0.25, -0.2) is 0 Å².